The van der Waals surface area contributed by atoms with Crippen LogP contribution in [0, 0.1) is 5.92 Å². The molecular formula is C18H28N2O4. The van der Waals surface area contributed by atoms with Crippen LogP contribution >= 0.6 is 0 Å². The first-order valence-electron chi connectivity index (χ1n) is 8.51. The number of benzene rings is 1. The van der Waals surface area contributed by atoms with Crippen molar-refractivity contribution in [3.63, 3.8) is 0 Å². The molecule has 0 unspecified atom stereocenters. The van der Waals surface area contributed by atoms with Crippen molar-refractivity contribution < 1.29 is 19.0 Å². The maximum absolute atomic E-state index is 11.8. The van der Waals surface area contributed by atoms with Crippen LogP contribution in [-0.4, -0.2) is 70.5 Å². The number of ether oxygens (including phenoxy) is 3. The smallest absolute Gasteiger partial charge is 0.246 e. The van der Waals surface area contributed by atoms with Crippen molar-refractivity contribution >= 4 is 5.91 Å². The van der Waals surface area contributed by atoms with Crippen molar-refractivity contribution in [3.05, 3.63) is 30.3 Å². The number of carbonyl (C=O) groups is 1. The predicted molar refractivity (Wildman–Crippen MR) is 92.2 cm³/mol. The molecule has 0 bridgehead atoms. The van der Waals surface area contributed by atoms with Gasteiger partial charge in [-0.25, -0.2) is 0 Å². The molecular weight excluding hydrogens is 308 g/mol. The maximum Gasteiger partial charge on any atom is 0.246 e. The van der Waals surface area contributed by atoms with Gasteiger partial charge >= 0.3 is 0 Å². The highest BCUT2D eigenvalue weighted by molar-refractivity contribution is 5.77. The number of hydrogen-bond acceptors (Lipinski definition) is 5. The van der Waals surface area contributed by atoms with E-state index in [0.29, 0.717) is 25.7 Å². The maximum atomic E-state index is 11.8. The lowest BCUT2D eigenvalue weighted by Crippen LogP contribution is -2.34. The Bertz CT molecular complexity index is 469. The topological polar surface area (TPSA) is 60.0 Å². The van der Waals surface area contributed by atoms with Gasteiger partial charge in [-0.3, -0.25) is 4.79 Å². The third kappa shape index (κ3) is 7.29. The molecule has 1 fully saturated rings. The number of likely N-dealkylation sites (tertiary alicyclic amines) is 1. The summed E-state index contributed by atoms with van der Waals surface area (Å²) in [6.07, 6.45) is 1.12. The van der Waals surface area contributed by atoms with Crippen LogP contribution in [0.2, 0.25) is 0 Å². The highest BCUT2D eigenvalue weighted by atomic mass is 16.5. The number of nitrogens with one attached hydrogen (secondary N) is 1. The number of carbonyl (C=O) groups excluding carboxylic acids is 1. The molecule has 1 N–H and O–H groups in total. The molecule has 0 saturated carbocycles. The molecule has 1 saturated heterocycles. The lowest BCUT2D eigenvalue weighted by Gasteiger charge is -2.15. The van der Waals surface area contributed by atoms with Crippen molar-refractivity contribution in [1.29, 1.82) is 0 Å². The van der Waals surface area contributed by atoms with Crippen molar-refractivity contribution in [2.45, 2.75) is 6.42 Å². The summed E-state index contributed by atoms with van der Waals surface area (Å²) in [6.45, 7) is 5.46. The molecule has 1 aliphatic heterocycles. The van der Waals surface area contributed by atoms with Gasteiger partial charge in [0.2, 0.25) is 5.91 Å². The minimum absolute atomic E-state index is 0.0648. The van der Waals surface area contributed by atoms with E-state index in [4.69, 9.17) is 14.2 Å². The average molecular weight is 336 g/mol. The predicted octanol–water partition coefficient (Wildman–Crippen LogP) is 1.17. The number of nitrogens with zero attached hydrogens (tertiary/aromatic N) is 1. The van der Waals surface area contributed by atoms with Crippen LogP contribution in [0.25, 0.3) is 0 Å². The fourth-order valence-electron chi connectivity index (χ4n) is 2.71. The van der Waals surface area contributed by atoms with Gasteiger partial charge in [0.15, 0.2) is 0 Å². The fourth-order valence-corrected chi connectivity index (χ4v) is 2.71. The Kier molecular flexibility index (Phi) is 8.59. The van der Waals surface area contributed by atoms with E-state index in [1.807, 2.05) is 30.3 Å². The monoisotopic (exact) mass is 336 g/mol. The molecule has 2 rings (SSSR count). The van der Waals surface area contributed by atoms with E-state index in [1.165, 1.54) is 0 Å². The zero-order chi connectivity index (χ0) is 17.0. The SMILES string of the molecule is COCCN1CC[C@H](CNC(=O)COCCOc2ccccc2)C1. The quantitative estimate of drug-likeness (QED) is 0.615. The zero-order valence-corrected chi connectivity index (χ0v) is 14.4. The molecule has 0 radical (unpaired) electrons. The summed E-state index contributed by atoms with van der Waals surface area (Å²) in [7, 11) is 1.72. The molecule has 24 heavy (non-hydrogen) atoms. The third-order valence-electron chi connectivity index (χ3n) is 4.04. The molecule has 1 heterocycles. The Labute approximate surface area is 144 Å². The minimum Gasteiger partial charge on any atom is -0.491 e. The van der Waals surface area contributed by atoms with E-state index in [2.05, 4.69) is 10.2 Å². The molecule has 6 nitrogen and oxygen atoms in total. The van der Waals surface area contributed by atoms with Crippen LogP contribution in [0.5, 0.6) is 5.75 Å². The number of hydrogen-bond donors (Lipinski definition) is 1. The number of para-hydroxylation sites is 1. The second kappa shape index (κ2) is 11.0. The van der Waals surface area contributed by atoms with Gasteiger partial charge in [-0.1, -0.05) is 18.2 Å². The van der Waals surface area contributed by atoms with E-state index in [0.717, 1.165) is 38.4 Å². The summed E-state index contributed by atoms with van der Waals surface area (Å²) in [4.78, 5) is 14.1. The minimum atomic E-state index is -0.0648. The lowest BCUT2D eigenvalue weighted by molar-refractivity contribution is -0.126. The summed E-state index contributed by atoms with van der Waals surface area (Å²) < 4.78 is 15.9. The molecule has 0 aromatic heterocycles. The van der Waals surface area contributed by atoms with Crippen molar-refractivity contribution in [2.75, 3.05) is 59.7 Å². The molecule has 0 aliphatic carbocycles. The molecule has 6 heteroatoms. The first-order chi connectivity index (χ1) is 11.8. The van der Waals surface area contributed by atoms with Crippen LogP contribution in [0.3, 0.4) is 0 Å². The van der Waals surface area contributed by atoms with Gasteiger partial charge in [0, 0.05) is 26.7 Å². The number of amides is 1. The molecule has 1 aromatic rings. The largest absolute Gasteiger partial charge is 0.491 e. The van der Waals surface area contributed by atoms with E-state index >= 15 is 0 Å². The van der Waals surface area contributed by atoms with Crippen molar-refractivity contribution in [2.24, 2.45) is 5.92 Å². The second-order valence-corrected chi connectivity index (χ2v) is 5.97. The fraction of sp³-hybridized carbons (Fsp3) is 0.611. The number of rotatable bonds is 11. The van der Waals surface area contributed by atoms with Crippen molar-refractivity contribution in [1.82, 2.24) is 10.2 Å². The molecule has 1 amide bonds. The first-order valence-corrected chi connectivity index (χ1v) is 8.51. The van der Waals surface area contributed by atoms with Gasteiger partial charge in [0.1, 0.15) is 19.0 Å². The number of methoxy groups -OCH3 is 1. The third-order valence-corrected chi connectivity index (χ3v) is 4.04. The molecule has 0 spiro atoms. The first kappa shape index (κ1) is 18.7. The van der Waals surface area contributed by atoms with E-state index in [1.54, 1.807) is 7.11 Å². The van der Waals surface area contributed by atoms with Gasteiger partial charge in [-0.2, -0.15) is 0 Å². The standard InChI is InChI=1S/C18H28N2O4/c1-22-10-9-20-8-7-16(14-20)13-19-18(21)15-23-11-12-24-17-5-3-2-4-6-17/h2-6,16H,7-15H2,1H3,(H,19,21)/t16-/m1/s1. The Morgan fingerprint density at radius 3 is 2.88 bits per heavy atom. The second-order valence-electron chi connectivity index (χ2n) is 5.97. The van der Waals surface area contributed by atoms with Gasteiger partial charge in [0.05, 0.1) is 13.2 Å². The lowest BCUT2D eigenvalue weighted by atomic mass is 10.1. The zero-order valence-electron chi connectivity index (χ0n) is 14.4. The summed E-state index contributed by atoms with van der Waals surface area (Å²) >= 11 is 0. The summed E-state index contributed by atoms with van der Waals surface area (Å²) in [5, 5.41) is 2.95. The highest BCUT2D eigenvalue weighted by Gasteiger charge is 2.22. The Morgan fingerprint density at radius 2 is 2.08 bits per heavy atom. The van der Waals surface area contributed by atoms with E-state index in [9.17, 15) is 4.79 Å². The summed E-state index contributed by atoms with van der Waals surface area (Å²) in [5.41, 5.74) is 0. The normalized spacial score (nSPS) is 17.8. The van der Waals surface area contributed by atoms with E-state index < -0.39 is 0 Å². The van der Waals surface area contributed by atoms with Crippen LogP contribution in [0.15, 0.2) is 30.3 Å². The average Bonchev–Trinajstić information content (AvgIpc) is 3.06. The van der Waals surface area contributed by atoms with Gasteiger partial charge in [0.25, 0.3) is 0 Å². The Hall–Kier alpha value is -1.63. The van der Waals surface area contributed by atoms with E-state index in [-0.39, 0.29) is 12.5 Å². The van der Waals surface area contributed by atoms with Crippen molar-refractivity contribution in [3.8, 4) is 5.75 Å². The van der Waals surface area contributed by atoms with Gasteiger partial charge in [-0.15, -0.1) is 0 Å². The van der Waals surface area contributed by atoms with Crippen LogP contribution in [-0.2, 0) is 14.3 Å². The van der Waals surface area contributed by atoms with Gasteiger partial charge < -0.3 is 24.4 Å². The van der Waals surface area contributed by atoms with Crippen LogP contribution in [0.4, 0.5) is 0 Å². The molecule has 1 atom stereocenters. The summed E-state index contributed by atoms with van der Waals surface area (Å²) in [5.74, 6) is 1.27. The Morgan fingerprint density at radius 1 is 1.25 bits per heavy atom. The molecule has 1 aliphatic rings. The highest BCUT2D eigenvalue weighted by Crippen LogP contribution is 2.14. The Balaban J connectivity index is 1.47. The summed E-state index contributed by atoms with van der Waals surface area (Å²) in [6, 6.07) is 9.56. The van der Waals surface area contributed by atoms with Crippen LogP contribution in [0.1, 0.15) is 6.42 Å². The van der Waals surface area contributed by atoms with Gasteiger partial charge in [-0.05, 0) is 31.0 Å². The van der Waals surface area contributed by atoms with Crippen LogP contribution < -0.4 is 10.1 Å². The molecule has 134 valence electrons. The molecule has 1 aromatic carbocycles.